The summed E-state index contributed by atoms with van der Waals surface area (Å²) in [6.45, 7) is 0. The zero-order valence-electron chi connectivity index (χ0n) is 38.6. The van der Waals surface area contributed by atoms with E-state index in [1.165, 1.54) is 61.2 Å². The highest BCUT2D eigenvalue weighted by molar-refractivity contribution is 5.95. The number of fused-ring (bicyclic) bond motifs is 18. The van der Waals surface area contributed by atoms with Gasteiger partial charge in [-0.05, 0) is 122 Å². The first-order valence-electron chi connectivity index (χ1n) is 24.5. The third-order valence-electron chi connectivity index (χ3n) is 15.6. The first kappa shape index (κ1) is 39.8. The van der Waals surface area contributed by atoms with Crippen molar-refractivity contribution in [2.45, 2.75) is 10.8 Å². The molecule has 2 aliphatic carbocycles. The van der Waals surface area contributed by atoms with Crippen LogP contribution in [0, 0.1) is 0 Å². The standard InChI is InChI=1S/C68H43NO2/c1-2-18-45(19-3-1)49-20-6-13-29-62(49)69(48-39-40-52-50-21-4-7-23-54(50)68(61(52)43-48)59-27-11-16-32-65(59)71-66-33-17-12-28-60(66)68)47-37-34-44(35-38-47)46-36-41-56-53(42-46)51-22-5-8-24-55(51)67(56)57-25-9-14-30-63(57)70-64-31-15-10-26-58(64)67/h1-43H. The predicted octanol–water partition coefficient (Wildman–Crippen LogP) is 17.4. The van der Waals surface area contributed by atoms with Gasteiger partial charge in [-0.1, -0.05) is 200 Å². The fourth-order valence-corrected chi connectivity index (χ4v) is 12.8. The molecule has 3 heteroatoms. The van der Waals surface area contributed by atoms with Gasteiger partial charge in [0, 0.05) is 39.2 Å². The number of nitrogens with zero attached hydrogens (tertiary/aromatic N) is 1. The van der Waals surface area contributed by atoms with E-state index in [9.17, 15) is 0 Å². The maximum atomic E-state index is 6.71. The van der Waals surface area contributed by atoms with E-state index in [4.69, 9.17) is 9.47 Å². The summed E-state index contributed by atoms with van der Waals surface area (Å²) in [6.07, 6.45) is 0. The van der Waals surface area contributed by atoms with Crippen molar-refractivity contribution in [3.8, 4) is 67.5 Å². The summed E-state index contributed by atoms with van der Waals surface area (Å²) in [5.41, 5.74) is 21.4. The van der Waals surface area contributed by atoms with E-state index in [0.29, 0.717) is 0 Å². The van der Waals surface area contributed by atoms with Crippen LogP contribution < -0.4 is 14.4 Å². The molecule has 0 N–H and O–H groups in total. The minimum absolute atomic E-state index is 0.503. The molecule has 2 spiro atoms. The molecule has 2 heterocycles. The summed E-state index contributed by atoms with van der Waals surface area (Å²) < 4.78 is 13.3. The minimum Gasteiger partial charge on any atom is -0.457 e. The summed E-state index contributed by atoms with van der Waals surface area (Å²) >= 11 is 0. The maximum absolute atomic E-state index is 6.71. The molecule has 0 aromatic heterocycles. The SMILES string of the molecule is c1ccc(-c2ccccc2N(c2ccc(-c3ccc4c(c3)-c3ccccc3C43c4ccccc4Oc4ccccc43)cc2)c2ccc3c(c2)C2(c4ccccc4Oc4ccccc42)c2ccccc2-3)cc1. The molecule has 0 saturated carbocycles. The largest absolute Gasteiger partial charge is 0.457 e. The van der Waals surface area contributed by atoms with Gasteiger partial charge >= 0.3 is 0 Å². The van der Waals surface area contributed by atoms with Crippen LogP contribution in [0.25, 0.3) is 44.5 Å². The fraction of sp³-hybridized carbons (Fsp3) is 0.0294. The number of hydrogen-bond acceptors (Lipinski definition) is 3. The van der Waals surface area contributed by atoms with Crippen molar-refractivity contribution in [2.24, 2.45) is 0 Å². The fourth-order valence-electron chi connectivity index (χ4n) is 12.8. The van der Waals surface area contributed by atoms with Gasteiger partial charge in [-0.15, -0.1) is 0 Å². The lowest BCUT2D eigenvalue weighted by molar-refractivity contribution is 0.436. The number of rotatable bonds is 5. The molecule has 332 valence electrons. The summed E-state index contributed by atoms with van der Waals surface area (Å²) in [5.74, 6) is 3.57. The molecule has 0 atom stereocenters. The van der Waals surface area contributed by atoms with Gasteiger partial charge in [0.2, 0.25) is 0 Å². The van der Waals surface area contributed by atoms with Gasteiger partial charge in [-0.3, -0.25) is 0 Å². The van der Waals surface area contributed by atoms with Gasteiger partial charge in [0.1, 0.15) is 23.0 Å². The molecule has 11 aromatic rings. The lowest BCUT2D eigenvalue weighted by atomic mass is 9.66. The highest BCUT2D eigenvalue weighted by atomic mass is 16.5. The van der Waals surface area contributed by atoms with E-state index in [0.717, 1.165) is 67.9 Å². The summed E-state index contributed by atoms with van der Waals surface area (Å²) in [7, 11) is 0. The Hall–Kier alpha value is -9.18. The van der Waals surface area contributed by atoms with Crippen molar-refractivity contribution in [3.63, 3.8) is 0 Å². The average Bonchev–Trinajstić information content (AvgIpc) is 3.89. The summed E-state index contributed by atoms with van der Waals surface area (Å²) in [4.78, 5) is 2.45. The van der Waals surface area contributed by atoms with E-state index >= 15 is 0 Å². The Balaban J connectivity index is 0.907. The molecule has 3 nitrogen and oxygen atoms in total. The molecule has 71 heavy (non-hydrogen) atoms. The number of benzene rings is 11. The lowest BCUT2D eigenvalue weighted by Gasteiger charge is -2.39. The molecule has 0 radical (unpaired) electrons. The molecule has 11 aromatic carbocycles. The van der Waals surface area contributed by atoms with Gasteiger partial charge in [0.05, 0.1) is 16.5 Å². The molecule has 0 saturated heterocycles. The Bertz CT molecular complexity index is 3870. The molecule has 2 aliphatic heterocycles. The second-order valence-electron chi connectivity index (χ2n) is 19.0. The van der Waals surface area contributed by atoms with E-state index in [-0.39, 0.29) is 0 Å². The van der Waals surface area contributed by atoms with Crippen molar-refractivity contribution in [3.05, 3.63) is 305 Å². The molecule has 0 bridgehead atoms. The molecule has 4 aliphatic rings. The Kier molecular flexibility index (Phi) is 8.49. The number of para-hydroxylation sites is 5. The highest BCUT2D eigenvalue weighted by Crippen LogP contribution is 2.64. The van der Waals surface area contributed by atoms with Crippen LogP contribution in [0.3, 0.4) is 0 Å². The van der Waals surface area contributed by atoms with Gasteiger partial charge in [0.15, 0.2) is 0 Å². The second kappa shape index (κ2) is 15.2. The summed E-state index contributed by atoms with van der Waals surface area (Å²) in [5, 5.41) is 0. The van der Waals surface area contributed by atoms with Crippen LogP contribution >= 0.6 is 0 Å². The average molecular weight is 906 g/mol. The van der Waals surface area contributed by atoms with Crippen molar-refractivity contribution < 1.29 is 9.47 Å². The number of anilines is 3. The Labute approximate surface area is 413 Å². The maximum Gasteiger partial charge on any atom is 0.132 e. The summed E-state index contributed by atoms with van der Waals surface area (Å²) in [6, 6.07) is 95.1. The predicted molar refractivity (Wildman–Crippen MR) is 287 cm³/mol. The quantitative estimate of drug-likeness (QED) is 0.172. The molecule has 0 amide bonds. The van der Waals surface area contributed by atoms with Crippen molar-refractivity contribution >= 4 is 17.1 Å². The van der Waals surface area contributed by atoms with Gasteiger partial charge in [-0.2, -0.15) is 0 Å². The first-order chi connectivity index (χ1) is 35.2. The minimum atomic E-state index is -0.596. The molecular formula is C68H43NO2. The van der Waals surface area contributed by atoms with E-state index in [1.807, 2.05) is 0 Å². The number of ether oxygens (including phenoxy) is 2. The molecule has 15 rings (SSSR count). The molecular weight excluding hydrogens is 863 g/mol. The van der Waals surface area contributed by atoms with Crippen LogP contribution in [0.5, 0.6) is 23.0 Å². The van der Waals surface area contributed by atoms with Crippen molar-refractivity contribution in [1.82, 2.24) is 0 Å². The zero-order chi connectivity index (χ0) is 46.7. The highest BCUT2D eigenvalue weighted by Gasteiger charge is 2.52. The Morgan fingerprint density at radius 1 is 0.239 bits per heavy atom. The molecule has 0 unspecified atom stereocenters. The van der Waals surface area contributed by atoms with Crippen LogP contribution in [0.2, 0.25) is 0 Å². The van der Waals surface area contributed by atoms with Crippen LogP contribution in [0.15, 0.2) is 261 Å². The van der Waals surface area contributed by atoms with Crippen molar-refractivity contribution in [2.75, 3.05) is 4.90 Å². The topological polar surface area (TPSA) is 21.7 Å². The third kappa shape index (κ3) is 5.49. The van der Waals surface area contributed by atoms with E-state index in [2.05, 4.69) is 266 Å². The van der Waals surface area contributed by atoms with Crippen LogP contribution in [0.1, 0.15) is 44.5 Å². The van der Waals surface area contributed by atoms with Gasteiger partial charge in [0.25, 0.3) is 0 Å². The van der Waals surface area contributed by atoms with E-state index < -0.39 is 10.8 Å². The van der Waals surface area contributed by atoms with Gasteiger partial charge < -0.3 is 14.4 Å². The van der Waals surface area contributed by atoms with Crippen molar-refractivity contribution in [1.29, 1.82) is 0 Å². The van der Waals surface area contributed by atoms with Crippen LogP contribution in [-0.4, -0.2) is 0 Å². The van der Waals surface area contributed by atoms with Crippen LogP contribution in [0.4, 0.5) is 17.1 Å². The first-order valence-corrected chi connectivity index (χ1v) is 24.5. The Morgan fingerprint density at radius 3 is 1.23 bits per heavy atom. The second-order valence-corrected chi connectivity index (χ2v) is 19.0. The lowest BCUT2D eigenvalue weighted by Crippen LogP contribution is -2.32. The smallest absolute Gasteiger partial charge is 0.132 e. The zero-order valence-corrected chi connectivity index (χ0v) is 38.6. The van der Waals surface area contributed by atoms with Crippen LogP contribution in [-0.2, 0) is 10.8 Å². The Morgan fingerprint density at radius 2 is 0.648 bits per heavy atom. The monoisotopic (exact) mass is 905 g/mol. The normalized spacial score (nSPS) is 14.1. The molecule has 0 fully saturated rings. The van der Waals surface area contributed by atoms with E-state index in [1.54, 1.807) is 0 Å². The number of hydrogen-bond donors (Lipinski definition) is 0. The third-order valence-corrected chi connectivity index (χ3v) is 15.6. The van der Waals surface area contributed by atoms with Gasteiger partial charge in [-0.25, -0.2) is 0 Å².